The minimum absolute atomic E-state index is 0.536. The summed E-state index contributed by atoms with van der Waals surface area (Å²) in [4.78, 5) is 0. The molecule has 0 saturated carbocycles. The van der Waals surface area contributed by atoms with E-state index in [-0.39, 0.29) is 0 Å². The van der Waals surface area contributed by atoms with Crippen LogP contribution in [0.2, 0.25) is 10.0 Å². The van der Waals surface area contributed by atoms with E-state index in [1.54, 1.807) is 30.3 Å². The molecule has 0 heterocycles. The van der Waals surface area contributed by atoms with E-state index in [2.05, 4.69) is 11.4 Å². The molecule has 2 aromatic rings. The highest BCUT2D eigenvalue weighted by Gasteiger charge is 2.03. The molecule has 0 atom stereocenters. The fraction of sp³-hybridized carbons (Fsp3) is 0. The zero-order valence-electron chi connectivity index (χ0n) is 8.74. The maximum atomic E-state index is 8.98. The third-order valence-electron chi connectivity index (χ3n) is 2.21. The molecule has 17 heavy (non-hydrogen) atoms. The van der Waals surface area contributed by atoms with Gasteiger partial charge in [0, 0.05) is 15.7 Å². The predicted molar refractivity (Wildman–Crippen MR) is 70.9 cm³/mol. The normalized spacial score (nSPS) is 9.71. The van der Waals surface area contributed by atoms with Crippen LogP contribution in [-0.4, -0.2) is 0 Å². The van der Waals surface area contributed by atoms with Gasteiger partial charge in [0.15, 0.2) is 0 Å². The Kier molecular flexibility index (Phi) is 3.53. The van der Waals surface area contributed by atoms with Crippen LogP contribution in [0.3, 0.4) is 0 Å². The van der Waals surface area contributed by atoms with E-state index < -0.39 is 0 Å². The van der Waals surface area contributed by atoms with Crippen molar-refractivity contribution in [1.82, 2.24) is 0 Å². The number of hydrogen-bond donors (Lipinski definition) is 1. The van der Waals surface area contributed by atoms with Gasteiger partial charge in [0.1, 0.15) is 6.07 Å². The molecule has 2 nitrogen and oxygen atoms in total. The molecule has 2 rings (SSSR count). The number of halogens is 2. The van der Waals surface area contributed by atoms with Gasteiger partial charge in [-0.15, -0.1) is 0 Å². The average molecular weight is 263 g/mol. The molecule has 0 unspecified atom stereocenters. The number of nitriles is 1. The summed E-state index contributed by atoms with van der Waals surface area (Å²) in [5.41, 5.74) is 2.02. The Morgan fingerprint density at radius 2 is 1.76 bits per heavy atom. The van der Waals surface area contributed by atoms with E-state index in [9.17, 15) is 0 Å². The van der Waals surface area contributed by atoms with Crippen LogP contribution in [0.5, 0.6) is 0 Å². The maximum absolute atomic E-state index is 8.98. The van der Waals surface area contributed by atoms with Crippen LogP contribution in [0.4, 0.5) is 11.4 Å². The Morgan fingerprint density at radius 1 is 1.00 bits per heavy atom. The van der Waals surface area contributed by atoms with Crippen LogP contribution >= 0.6 is 23.2 Å². The van der Waals surface area contributed by atoms with Crippen molar-refractivity contribution in [3.05, 3.63) is 58.1 Å². The molecular formula is C13H8Cl2N2. The lowest BCUT2D eigenvalue weighted by Crippen LogP contribution is -1.93. The molecule has 0 aromatic heterocycles. The Balaban J connectivity index is 2.36. The molecule has 0 bridgehead atoms. The summed E-state index contributed by atoms with van der Waals surface area (Å²) in [5.74, 6) is 0. The van der Waals surface area contributed by atoms with Gasteiger partial charge < -0.3 is 5.32 Å². The number of anilines is 2. The summed E-state index contributed by atoms with van der Waals surface area (Å²) < 4.78 is 0. The second-order valence-corrected chi connectivity index (χ2v) is 4.31. The van der Waals surface area contributed by atoms with Crippen molar-refractivity contribution < 1.29 is 0 Å². The monoisotopic (exact) mass is 262 g/mol. The fourth-order valence-corrected chi connectivity index (χ4v) is 1.80. The molecule has 0 amide bonds. The molecule has 0 fully saturated rings. The molecular weight excluding hydrogens is 255 g/mol. The largest absolute Gasteiger partial charge is 0.354 e. The van der Waals surface area contributed by atoms with Crippen LogP contribution in [0.25, 0.3) is 0 Å². The number of benzene rings is 2. The van der Waals surface area contributed by atoms with Gasteiger partial charge in [-0.05, 0) is 36.4 Å². The second-order valence-electron chi connectivity index (χ2n) is 3.44. The van der Waals surface area contributed by atoms with E-state index in [0.29, 0.717) is 21.3 Å². The van der Waals surface area contributed by atoms with Gasteiger partial charge in [0.25, 0.3) is 0 Å². The Labute approximate surface area is 109 Å². The van der Waals surface area contributed by atoms with E-state index in [1.165, 1.54) is 0 Å². The van der Waals surface area contributed by atoms with Crippen LogP contribution in [0.1, 0.15) is 5.56 Å². The lowest BCUT2D eigenvalue weighted by atomic mass is 10.2. The van der Waals surface area contributed by atoms with Gasteiger partial charge in [-0.2, -0.15) is 5.26 Å². The average Bonchev–Trinajstić information content (AvgIpc) is 2.29. The smallest absolute Gasteiger partial charge is 0.101 e. The van der Waals surface area contributed by atoms with Crippen LogP contribution in [0, 0.1) is 11.3 Å². The summed E-state index contributed by atoms with van der Waals surface area (Å²) in [6.45, 7) is 0. The van der Waals surface area contributed by atoms with Crippen LogP contribution < -0.4 is 5.32 Å². The van der Waals surface area contributed by atoms with Crippen molar-refractivity contribution in [2.75, 3.05) is 5.32 Å². The molecule has 84 valence electrons. The van der Waals surface area contributed by atoms with Gasteiger partial charge in [-0.1, -0.05) is 29.3 Å². The highest BCUT2D eigenvalue weighted by Crippen LogP contribution is 2.25. The Hall–Kier alpha value is -1.69. The fourth-order valence-electron chi connectivity index (χ4n) is 1.44. The van der Waals surface area contributed by atoms with Crippen molar-refractivity contribution in [1.29, 1.82) is 5.26 Å². The molecule has 4 heteroatoms. The summed E-state index contributed by atoms with van der Waals surface area (Å²) in [7, 11) is 0. The maximum Gasteiger partial charge on any atom is 0.101 e. The standard InChI is InChI=1S/C13H8Cl2N2/c14-10-2-1-3-12(6-10)17-13-7-11(15)5-4-9(13)8-16/h1-7,17H. The third kappa shape index (κ3) is 2.91. The van der Waals surface area contributed by atoms with E-state index in [0.717, 1.165) is 5.69 Å². The zero-order chi connectivity index (χ0) is 12.3. The first-order valence-corrected chi connectivity index (χ1v) is 5.67. The molecule has 0 spiro atoms. The van der Waals surface area contributed by atoms with Gasteiger partial charge in [-0.25, -0.2) is 0 Å². The summed E-state index contributed by atoms with van der Waals surface area (Å²) in [5, 5.41) is 13.3. The lowest BCUT2D eigenvalue weighted by Gasteiger charge is -2.08. The summed E-state index contributed by atoms with van der Waals surface area (Å²) >= 11 is 11.8. The van der Waals surface area contributed by atoms with E-state index in [4.69, 9.17) is 28.5 Å². The number of nitrogens with zero attached hydrogens (tertiary/aromatic N) is 1. The molecule has 0 aliphatic heterocycles. The Morgan fingerprint density at radius 3 is 2.47 bits per heavy atom. The molecule has 2 aromatic carbocycles. The van der Waals surface area contributed by atoms with Gasteiger partial charge in [0.2, 0.25) is 0 Å². The number of hydrogen-bond acceptors (Lipinski definition) is 2. The SMILES string of the molecule is N#Cc1ccc(Cl)cc1Nc1cccc(Cl)c1. The first-order valence-electron chi connectivity index (χ1n) is 4.91. The molecule has 1 N–H and O–H groups in total. The predicted octanol–water partition coefficient (Wildman–Crippen LogP) is 4.61. The van der Waals surface area contributed by atoms with Gasteiger partial charge in [0.05, 0.1) is 11.3 Å². The van der Waals surface area contributed by atoms with E-state index in [1.807, 2.05) is 12.1 Å². The number of rotatable bonds is 2. The van der Waals surface area contributed by atoms with E-state index >= 15 is 0 Å². The Bertz CT molecular complexity index is 588. The van der Waals surface area contributed by atoms with Crippen LogP contribution in [0.15, 0.2) is 42.5 Å². The molecule has 0 aliphatic rings. The zero-order valence-corrected chi connectivity index (χ0v) is 10.3. The van der Waals surface area contributed by atoms with Crippen molar-refractivity contribution in [2.24, 2.45) is 0 Å². The minimum atomic E-state index is 0.536. The minimum Gasteiger partial charge on any atom is -0.354 e. The summed E-state index contributed by atoms with van der Waals surface area (Å²) in [6.07, 6.45) is 0. The van der Waals surface area contributed by atoms with Crippen molar-refractivity contribution in [2.45, 2.75) is 0 Å². The van der Waals surface area contributed by atoms with Crippen molar-refractivity contribution >= 4 is 34.6 Å². The lowest BCUT2D eigenvalue weighted by molar-refractivity contribution is 1.46. The second kappa shape index (κ2) is 5.09. The third-order valence-corrected chi connectivity index (χ3v) is 2.68. The molecule has 0 aliphatic carbocycles. The van der Waals surface area contributed by atoms with Gasteiger partial charge >= 0.3 is 0 Å². The van der Waals surface area contributed by atoms with Crippen molar-refractivity contribution in [3.63, 3.8) is 0 Å². The molecule has 0 radical (unpaired) electrons. The summed E-state index contributed by atoms with van der Waals surface area (Å²) in [6, 6.07) is 14.4. The molecule has 0 saturated heterocycles. The first-order chi connectivity index (χ1) is 8.19. The number of nitrogens with one attached hydrogen (secondary N) is 1. The first kappa shape index (κ1) is 11.8. The quantitative estimate of drug-likeness (QED) is 0.858. The van der Waals surface area contributed by atoms with Crippen LogP contribution in [-0.2, 0) is 0 Å². The van der Waals surface area contributed by atoms with Crippen molar-refractivity contribution in [3.8, 4) is 6.07 Å². The highest BCUT2D eigenvalue weighted by molar-refractivity contribution is 6.31. The topological polar surface area (TPSA) is 35.8 Å². The highest BCUT2D eigenvalue weighted by atomic mass is 35.5. The van der Waals surface area contributed by atoms with Gasteiger partial charge in [-0.3, -0.25) is 0 Å².